The summed E-state index contributed by atoms with van der Waals surface area (Å²) in [5.74, 6) is 0.311. The van der Waals surface area contributed by atoms with E-state index in [1.807, 2.05) is 4.90 Å². The molecule has 2 unspecified atom stereocenters. The summed E-state index contributed by atoms with van der Waals surface area (Å²) in [4.78, 5) is 14.2. The molecule has 1 fully saturated rings. The van der Waals surface area contributed by atoms with E-state index in [1.54, 1.807) is 0 Å². The zero-order valence-electron chi connectivity index (χ0n) is 11.0. The Bertz CT molecular complexity index is 233. The van der Waals surface area contributed by atoms with E-state index < -0.39 is 0 Å². The molecule has 0 bridgehead atoms. The molecular formula is C13H25NO3. The van der Waals surface area contributed by atoms with E-state index in [0.29, 0.717) is 19.8 Å². The van der Waals surface area contributed by atoms with Crippen molar-refractivity contribution in [3.05, 3.63) is 0 Å². The van der Waals surface area contributed by atoms with Gasteiger partial charge in [-0.3, -0.25) is 4.79 Å². The molecule has 1 saturated heterocycles. The van der Waals surface area contributed by atoms with Crippen LogP contribution in [0.2, 0.25) is 0 Å². The summed E-state index contributed by atoms with van der Waals surface area (Å²) in [6.45, 7) is 5.87. The average molecular weight is 243 g/mol. The maximum atomic E-state index is 12.4. The smallest absolute Gasteiger partial charge is 0.226 e. The number of ether oxygens (including phenoxy) is 1. The van der Waals surface area contributed by atoms with Crippen LogP contribution in [0.1, 0.15) is 39.5 Å². The monoisotopic (exact) mass is 243 g/mol. The minimum atomic E-state index is -0.146. The molecule has 0 saturated carbocycles. The van der Waals surface area contributed by atoms with Gasteiger partial charge in [-0.2, -0.15) is 0 Å². The van der Waals surface area contributed by atoms with Crippen LogP contribution in [0.25, 0.3) is 0 Å². The number of unbranched alkanes of at least 4 members (excludes halogenated alkanes) is 1. The molecule has 0 spiro atoms. The van der Waals surface area contributed by atoms with Crippen molar-refractivity contribution in [1.29, 1.82) is 0 Å². The molecule has 0 aromatic carbocycles. The lowest BCUT2D eigenvalue weighted by atomic mass is 9.97. The fourth-order valence-corrected chi connectivity index (χ4v) is 2.28. The van der Waals surface area contributed by atoms with Crippen molar-refractivity contribution < 1.29 is 14.6 Å². The second kappa shape index (κ2) is 7.67. The molecule has 0 radical (unpaired) electrons. The third kappa shape index (κ3) is 3.96. The first-order valence-corrected chi connectivity index (χ1v) is 6.73. The number of rotatable bonds is 6. The van der Waals surface area contributed by atoms with Gasteiger partial charge < -0.3 is 14.7 Å². The zero-order valence-corrected chi connectivity index (χ0v) is 11.0. The Morgan fingerprint density at radius 2 is 2.29 bits per heavy atom. The molecule has 4 heteroatoms. The van der Waals surface area contributed by atoms with E-state index in [-0.39, 0.29) is 24.5 Å². The second-order valence-corrected chi connectivity index (χ2v) is 4.69. The van der Waals surface area contributed by atoms with Gasteiger partial charge in [0.2, 0.25) is 5.91 Å². The number of nitrogens with zero attached hydrogens (tertiary/aromatic N) is 1. The van der Waals surface area contributed by atoms with Crippen LogP contribution in [0.5, 0.6) is 0 Å². The van der Waals surface area contributed by atoms with Gasteiger partial charge in [0, 0.05) is 12.5 Å². The first-order chi connectivity index (χ1) is 8.24. The van der Waals surface area contributed by atoms with E-state index >= 15 is 0 Å². The number of carbonyl (C=O) groups is 1. The van der Waals surface area contributed by atoms with Crippen LogP contribution in [0.4, 0.5) is 0 Å². The largest absolute Gasteiger partial charge is 0.394 e. The fraction of sp³-hybridized carbons (Fsp3) is 0.923. The summed E-state index contributed by atoms with van der Waals surface area (Å²) < 4.78 is 5.29. The van der Waals surface area contributed by atoms with Gasteiger partial charge in [-0.15, -0.1) is 0 Å². The van der Waals surface area contributed by atoms with E-state index in [9.17, 15) is 9.90 Å². The highest BCUT2D eigenvalue weighted by atomic mass is 16.5. The first kappa shape index (κ1) is 14.5. The van der Waals surface area contributed by atoms with Gasteiger partial charge in [0.15, 0.2) is 0 Å². The summed E-state index contributed by atoms with van der Waals surface area (Å²) in [5.41, 5.74) is 0. The fourth-order valence-electron chi connectivity index (χ4n) is 2.28. The summed E-state index contributed by atoms with van der Waals surface area (Å²) >= 11 is 0. The van der Waals surface area contributed by atoms with Gasteiger partial charge in [-0.1, -0.05) is 26.7 Å². The summed E-state index contributed by atoms with van der Waals surface area (Å²) in [6.07, 6.45) is 4.06. The highest BCUT2D eigenvalue weighted by Crippen LogP contribution is 2.19. The molecular weight excluding hydrogens is 218 g/mol. The van der Waals surface area contributed by atoms with Crippen LogP contribution in [0.3, 0.4) is 0 Å². The maximum absolute atomic E-state index is 12.4. The third-order valence-electron chi connectivity index (χ3n) is 3.47. The van der Waals surface area contributed by atoms with Crippen LogP contribution >= 0.6 is 0 Å². The van der Waals surface area contributed by atoms with Gasteiger partial charge in [0.25, 0.3) is 0 Å². The number of amides is 1. The van der Waals surface area contributed by atoms with Crippen molar-refractivity contribution in [2.75, 3.05) is 26.4 Å². The molecule has 0 aromatic rings. The van der Waals surface area contributed by atoms with Crippen LogP contribution in [0.15, 0.2) is 0 Å². The van der Waals surface area contributed by atoms with Crippen LogP contribution < -0.4 is 0 Å². The molecule has 17 heavy (non-hydrogen) atoms. The highest BCUT2D eigenvalue weighted by Gasteiger charge is 2.30. The molecule has 1 heterocycles. The minimum absolute atomic E-state index is 0.00402. The Hall–Kier alpha value is -0.610. The average Bonchev–Trinajstić information content (AvgIpc) is 2.39. The summed E-state index contributed by atoms with van der Waals surface area (Å²) in [7, 11) is 0. The Labute approximate surface area is 104 Å². The lowest BCUT2D eigenvalue weighted by Crippen LogP contribution is -2.52. The molecule has 0 aliphatic carbocycles. The number of hydrogen-bond donors (Lipinski definition) is 1. The number of carbonyl (C=O) groups excluding carboxylic acids is 1. The maximum Gasteiger partial charge on any atom is 0.226 e. The van der Waals surface area contributed by atoms with Crippen molar-refractivity contribution in [1.82, 2.24) is 4.90 Å². The second-order valence-electron chi connectivity index (χ2n) is 4.69. The van der Waals surface area contributed by atoms with Crippen LogP contribution in [0, 0.1) is 5.92 Å². The zero-order chi connectivity index (χ0) is 12.7. The van der Waals surface area contributed by atoms with E-state index in [2.05, 4.69) is 13.8 Å². The quantitative estimate of drug-likeness (QED) is 0.767. The normalized spacial score (nSPS) is 22.5. The topological polar surface area (TPSA) is 49.8 Å². The van der Waals surface area contributed by atoms with Crippen molar-refractivity contribution in [3.8, 4) is 0 Å². The molecule has 4 nitrogen and oxygen atoms in total. The lowest BCUT2D eigenvalue weighted by Gasteiger charge is -2.36. The van der Waals surface area contributed by atoms with Crippen molar-refractivity contribution in [2.24, 2.45) is 5.92 Å². The van der Waals surface area contributed by atoms with E-state index in [1.165, 1.54) is 0 Å². The summed E-state index contributed by atoms with van der Waals surface area (Å²) in [6, 6.07) is -0.146. The lowest BCUT2D eigenvalue weighted by molar-refractivity contribution is -0.146. The predicted octanol–water partition coefficient (Wildman–Crippen LogP) is 1.42. The van der Waals surface area contributed by atoms with Gasteiger partial charge in [0.05, 0.1) is 25.9 Å². The predicted molar refractivity (Wildman–Crippen MR) is 66.7 cm³/mol. The van der Waals surface area contributed by atoms with Gasteiger partial charge >= 0.3 is 0 Å². The molecule has 0 aromatic heterocycles. The van der Waals surface area contributed by atoms with Gasteiger partial charge in [0.1, 0.15) is 0 Å². The van der Waals surface area contributed by atoms with Crippen molar-refractivity contribution >= 4 is 5.91 Å². The summed E-state index contributed by atoms with van der Waals surface area (Å²) in [5, 5.41) is 9.27. The SMILES string of the molecule is CCCCC(CC)C(=O)N1CCOCC1CO. The number of aliphatic hydroxyl groups excluding tert-OH is 1. The Kier molecular flexibility index (Phi) is 6.52. The van der Waals surface area contributed by atoms with Gasteiger partial charge in [-0.25, -0.2) is 0 Å². The minimum Gasteiger partial charge on any atom is -0.394 e. The molecule has 1 amide bonds. The molecule has 2 atom stereocenters. The van der Waals surface area contributed by atoms with Crippen molar-refractivity contribution in [3.63, 3.8) is 0 Å². The third-order valence-corrected chi connectivity index (χ3v) is 3.47. The van der Waals surface area contributed by atoms with Gasteiger partial charge in [-0.05, 0) is 12.8 Å². The molecule has 100 valence electrons. The Morgan fingerprint density at radius 3 is 2.88 bits per heavy atom. The number of hydrogen-bond acceptors (Lipinski definition) is 3. The van der Waals surface area contributed by atoms with Crippen LogP contribution in [-0.2, 0) is 9.53 Å². The van der Waals surface area contributed by atoms with E-state index in [0.717, 1.165) is 25.7 Å². The molecule has 1 rings (SSSR count). The van der Waals surface area contributed by atoms with E-state index in [4.69, 9.17) is 4.74 Å². The Balaban J connectivity index is 2.57. The first-order valence-electron chi connectivity index (χ1n) is 6.73. The Morgan fingerprint density at radius 1 is 1.53 bits per heavy atom. The molecule has 1 aliphatic heterocycles. The number of morpholine rings is 1. The standard InChI is InChI=1S/C13H25NO3/c1-3-5-6-11(4-2)13(16)14-7-8-17-10-12(14)9-15/h11-12,15H,3-10H2,1-2H3. The molecule has 1 aliphatic rings. The van der Waals surface area contributed by atoms with Crippen molar-refractivity contribution in [2.45, 2.75) is 45.6 Å². The van der Waals surface area contributed by atoms with Crippen LogP contribution in [-0.4, -0.2) is 48.3 Å². The molecule has 1 N–H and O–H groups in total. The highest BCUT2D eigenvalue weighted by molar-refractivity contribution is 5.79. The number of aliphatic hydroxyl groups is 1.